The van der Waals surface area contributed by atoms with E-state index in [-0.39, 0.29) is 17.9 Å². The van der Waals surface area contributed by atoms with Crippen LogP contribution in [0.1, 0.15) is 33.3 Å². The number of aryl methyl sites for hydroxylation is 2. The molecule has 0 spiro atoms. The highest BCUT2D eigenvalue weighted by atomic mass is 16.5. The van der Waals surface area contributed by atoms with Gasteiger partial charge in [0.15, 0.2) is 11.4 Å². The van der Waals surface area contributed by atoms with E-state index in [0.717, 1.165) is 16.5 Å². The third kappa shape index (κ3) is 3.21. The number of benzene rings is 1. The average Bonchev–Trinajstić information content (AvgIpc) is 3.33. The van der Waals surface area contributed by atoms with Crippen LogP contribution in [0.5, 0.6) is 11.5 Å². The molecule has 0 unspecified atom stereocenters. The van der Waals surface area contributed by atoms with E-state index in [2.05, 4.69) is 15.5 Å². The van der Waals surface area contributed by atoms with Gasteiger partial charge in [0, 0.05) is 44.4 Å². The first-order chi connectivity index (χ1) is 15.8. The maximum Gasteiger partial charge on any atom is 0.272 e. The lowest BCUT2D eigenvalue weighted by Gasteiger charge is -2.43. The topological polar surface area (TPSA) is 114 Å². The van der Waals surface area contributed by atoms with Crippen molar-refractivity contribution in [3.8, 4) is 11.5 Å². The summed E-state index contributed by atoms with van der Waals surface area (Å²) in [4.78, 5) is 26.7. The summed E-state index contributed by atoms with van der Waals surface area (Å²) in [5, 5.41) is 21.8. The summed E-state index contributed by atoms with van der Waals surface area (Å²) in [6.07, 6.45) is 2.81. The molecule has 0 aliphatic carbocycles. The smallest absolute Gasteiger partial charge is 0.272 e. The number of carbonyl (C=O) groups excluding carboxylic acids is 2. The van der Waals surface area contributed by atoms with Gasteiger partial charge in [-0.15, -0.1) is 0 Å². The number of nitrogens with zero attached hydrogens (tertiary/aromatic N) is 5. The lowest BCUT2D eigenvalue weighted by Crippen LogP contribution is -2.60. The van der Waals surface area contributed by atoms with E-state index in [1.54, 1.807) is 58.8 Å². The zero-order valence-electron chi connectivity index (χ0n) is 18.7. The van der Waals surface area contributed by atoms with Crippen LogP contribution in [0.2, 0.25) is 0 Å². The van der Waals surface area contributed by atoms with Crippen molar-refractivity contribution in [3.63, 3.8) is 0 Å². The van der Waals surface area contributed by atoms with E-state index in [0.29, 0.717) is 34.8 Å². The number of aromatic nitrogens is 4. The summed E-state index contributed by atoms with van der Waals surface area (Å²) in [5.41, 5.74) is 3.06. The van der Waals surface area contributed by atoms with Crippen LogP contribution < -0.4 is 10.1 Å². The van der Waals surface area contributed by atoms with Crippen molar-refractivity contribution in [2.75, 3.05) is 13.6 Å². The van der Waals surface area contributed by atoms with Gasteiger partial charge in [0.25, 0.3) is 11.8 Å². The fraction of sp³-hybridized carbons (Fsp3) is 0.304. The van der Waals surface area contributed by atoms with Crippen molar-refractivity contribution in [1.29, 1.82) is 0 Å². The highest BCUT2D eigenvalue weighted by Gasteiger charge is 2.38. The molecule has 2 amide bonds. The van der Waals surface area contributed by atoms with E-state index in [4.69, 9.17) is 4.74 Å². The average molecular weight is 448 g/mol. The Bertz CT molecular complexity index is 1420. The summed E-state index contributed by atoms with van der Waals surface area (Å²) in [6.45, 7) is 4.01. The lowest BCUT2D eigenvalue weighted by atomic mass is 9.99. The number of aliphatic hydroxyl groups excluding tert-OH is 1. The molecule has 1 aliphatic rings. The molecule has 4 aromatic rings. The fourth-order valence-corrected chi connectivity index (χ4v) is 4.25. The van der Waals surface area contributed by atoms with Crippen LogP contribution >= 0.6 is 0 Å². The van der Waals surface area contributed by atoms with E-state index in [1.165, 1.54) is 0 Å². The largest absolute Gasteiger partial charge is 0.455 e. The Morgan fingerprint density at radius 2 is 2.06 bits per heavy atom. The molecular formula is C23H24N6O4. The quantitative estimate of drug-likeness (QED) is 0.493. The minimum absolute atomic E-state index is 0.139. The van der Waals surface area contributed by atoms with Crippen LogP contribution in [0.15, 0.2) is 36.7 Å². The predicted molar refractivity (Wildman–Crippen MR) is 121 cm³/mol. The van der Waals surface area contributed by atoms with Crippen LogP contribution in [0.3, 0.4) is 0 Å². The number of aliphatic hydroxyl groups is 1. The molecule has 33 heavy (non-hydrogen) atoms. The number of nitrogens with one attached hydrogen (secondary N) is 1. The molecule has 0 bridgehead atoms. The fourth-order valence-electron chi connectivity index (χ4n) is 4.25. The summed E-state index contributed by atoms with van der Waals surface area (Å²) in [7, 11) is 3.34. The maximum absolute atomic E-state index is 13.0. The van der Waals surface area contributed by atoms with Crippen LogP contribution in [-0.4, -0.2) is 67.0 Å². The summed E-state index contributed by atoms with van der Waals surface area (Å²) >= 11 is 0. The van der Waals surface area contributed by atoms with Crippen LogP contribution in [-0.2, 0) is 7.05 Å². The van der Waals surface area contributed by atoms with Gasteiger partial charge >= 0.3 is 0 Å². The van der Waals surface area contributed by atoms with Crippen LogP contribution in [0, 0.1) is 6.92 Å². The van der Waals surface area contributed by atoms with Gasteiger partial charge in [0.2, 0.25) is 0 Å². The first-order valence-corrected chi connectivity index (χ1v) is 10.6. The molecule has 3 aromatic heterocycles. The number of ether oxygens (including phenoxy) is 1. The lowest BCUT2D eigenvalue weighted by molar-refractivity contribution is -0.0357. The van der Waals surface area contributed by atoms with Crippen LogP contribution in [0.4, 0.5) is 0 Å². The number of hydrogen-bond donors (Lipinski definition) is 2. The zero-order valence-corrected chi connectivity index (χ0v) is 18.7. The van der Waals surface area contributed by atoms with E-state index in [1.807, 2.05) is 19.9 Å². The number of hydrogen-bond acceptors (Lipinski definition) is 6. The molecular weight excluding hydrogens is 424 g/mol. The molecule has 1 saturated heterocycles. The SMILES string of the molecule is CNC(=O)c1nn(C)c2cc(Oc3ccnn4cc(C(=O)N5C[C@H](O)[C@H]5C)c(C)c34)ccc12. The van der Waals surface area contributed by atoms with Gasteiger partial charge in [-0.05, 0) is 31.5 Å². The molecule has 4 heterocycles. The Morgan fingerprint density at radius 1 is 1.27 bits per heavy atom. The first-order valence-electron chi connectivity index (χ1n) is 10.6. The number of β-amino-alcohol motifs (C(OH)–C–C–N with tert-alkyl or cyclic N) is 1. The molecule has 2 N–H and O–H groups in total. The third-order valence-electron chi connectivity index (χ3n) is 6.31. The highest BCUT2D eigenvalue weighted by molar-refractivity contribution is 6.05. The van der Waals surface area contributed by atoms with Gasteiger partial charge < -0.3 is 20.1 Å². The summed E-state index contributed by atoms with van der Waals surface area (Å²) in [5.74, 6) is 0.719. The van der Waals surface area contributed by atoms with Gasteiger partial charge in [-0.1, -0.05) is 0 Å². The van der Waals surface area contributed by atoms with Gasteiger partial charge in [-0.25, -0.2) is 4.52 Å². The maximum atomic E-state index is 13.0. The molecule has 0 saturated carbocycles. The third-order valence-corrected chi connectivity index (χ3v) is 6.31. The second-order valence-corrected chi connectivity index (χ2v) is 8.25. The molecule has 1 aliphatic heterocycles. The van der Waals surface area contributed by atoms with Gasteiger partial charge in [-0.3, -0.25) is 14.3 Å². The number of fused-ring (bicyclic) bond motifs is 2. The number of carbonyl (C=O) groups is 2. The van der Waals surface area contributed by atoms with Crippen molar-refractivity contribution in [1.82, 2.24) is 29.6 Å². The molecule has 0 radical (unpaired) electrons. The van der Waals surface area contributed by atoms with E-state index < -0.39 is 6.10 Å². The second kappa shape index (κ2) is 7.59. The van der Waals surface area contributed by atoms with Crippen molar-refractivity contribution < 1.29 is 19.4 Å². The van der Waals surface area contributed by atoms with Gasteiger partial charge in [-0.2, -0.15) is 10.2 Å². The predicted octanol–water partition coefficient (Wildman–Crippen LogP) is 1.89. The number of amides is 2. The standard InChI is InChI=1S/C23H24N6O4/c1-12-16(23(32)28-11-18(30)13(28)2)10-29-21(12)19(7-8-25-29)33-14-5-6-15-17(9-14)27(4)26-20(15)22(31)24-3/h5-10,13,18,30H,11H2,1-4H3,(H,24,31)/t13-,18+/m1/s1. The van der Waals surface area contributed by atoms with E-state index >= 15 is 0 Å². The van der Waals surface area contributed by atoms with Gasteiger partial charge in [0.1, 0.15) is 11.3 Å². The number of rotatable bonds is 4. The monoisotopic (exact) mass is 448 g/mol. The summed E-state index contributed by atoms with van der Waals surface area (Å²) in [6, 6.07) is 6.93. The van der Waals surface area contributed by atoms with Crippen molar-refractivity contribution in [2.45, 2.75) is 26.0 Å². The Hall–Kier alpha value is -3.92. The summed E-state index contributed by atoms with van der Waals surface area (Å²) < 4.78 is 9.46. The van der Waals surface area contributed by atoms with Crippen LogP contribution in [0.25, 0.3) is 16.4 Å². The molecule has 1 fully saturated rings. The molecule has 10 nitrogen and oxygen atoms in total. The van der Waals surface area contributed by atoms with Crippen molar-refractivity contribution in [3.05, 3.63) is 53.5 Å². The Balaban J connectivity index is 1.51. The van der Waals surface area contributed by atoms with Gasteiger partial charge in [0.05, 0.1) is 29.4 Å². The Kier molecular flexibility index (Phi) is 4.82. The number of likely N-dealkylation sites (tertiary alicyclic amines) is 1. The van der Waals surface area contributed by atoms with Crippen molar-refractivity contribution >= 4 is 28.2 Å². The minimum Gasteiger partial charge on any atom is -0.455 e. The molecule has 5 rings (SSSR count). The Morgan fingerprint density at radius 3 is 2.76 bits per heavy atom. The molecule has 10 heteroatoms. The normalized spacial score (nSPS) is 17.9. The Labute approximate surface area is 189 Å². The zero-order chi connectivity index (χ0) is 23.4. The molecule has 1 aromatic carbocycles. The van der Waals surface area contributed by atoms with E-state index in [9.17, 15) is 14.7 Å². The van der Waals surface area contributed by atoms with Crippen molar-refractivity contribution in [2.24, 2.45) is 7.05 Å². The molecule has 170 valence electrons. The second-order valence-electron chi connectivity index (χ2n) is 8.25. The minimum atomic E-state index is -0.492. The molecule has 2 atom stereocenters. The first kappa shape index (κ1) is 21.0. The highest BCUT2D eigenvalue weighted by Crippen LogP contribution is 2.33.